The maximum Gasteiger partial charge on any atom is 0.266 e. The van der Waals surface area contributed by atoms with Crippen molar-refractivity contribution >= 4 is 48.9 Å². The molecule has 0 saturated carbocycles. The first-order valence-corrected chi connectivity index (χ1v) is 7.92. The fourth-order valence-electron chi connectivity index (χ4n) is 2.21. The number of aryl methyl sites for hydroxylation is 1. The zero-order valence-electron chi connectivity index (χ0n) is 11.1. The monoisotopic (exact) mass is 363 g/mol. The summed E-state index contributed by atoms with van der Waals surface area (Å²) in [5, 5.41) is 3.38. The van der Waals surface area contributed by atoms with Gasteiger partial charge in [-0.1, -0.05) is 18.2 Å². The van der Waals surface area contributed by atoms with E-state index in [0.29, 0.717) is 21.5 Å². The van der Waals surface area contributed by atoms with Crippen LogP contribution in [-0.2, 0) is 0 Å². The van der Waals surface area contributed by atoms with Crippen molar-refractivity contribution in [2.45, 2.75) is 6.92 Å². The molecule has 0 fully saturated rings. The number of anilines is 1. The molecule has 2 nitrogen and oxygen atoms in total. The highest BCUT2D eigenvalue weighted by molar-refractivity contribution is 9.10. The number of benzene rings is 2. The molecule has 3 aromatic rings. The Morgan fingerprint density at radius 3 is 2.67 bits per heavy atom. The second-order valence-corrected chi connectivity index (χ2v) is 6.51. The third-order valence-electron chi connectivity index (χ3n) is 3.23. The molecule has 1 aromatic heterocycles. The Morgan fingerprint density at radius 2 is 1.95 bits per heavy atom. The number of nitrogens with one attached hydrogen (secondary N) is 1. The molecule has 2 aromatic carbocycles. The molecular weight excluding hydrogens is 353 g/mol. The number of carbonyl (C=O) groups is 1. The van der Waals surface area contributed by atoms with Crippen LogP contribution in [0, 0.1) is 12.7 Å². The summed E-state index contributed by atoms with van der Waals surface area (Å²) in [5.74, 6) is -0.513. The molecule has 0 atom stereocenters. The van der Waals surface area contributed by atoms with Crippen LogP contribution < -0.4 is 5.32 Å². The van der Waals surface area contributed by atoms with Crippen molar-refractivity contribution in [3.63, 3.8) is 0 Å². The van der Waals surface area contributed by atoms with Gasteiger partial charge in [-0.2, -0.15) is 0 Å². The minimum atomic E-state index is -0.291. The van der Waals surface area contributed by atoms with Crippen molar-refractivity contribution in [2.24, 2.45) is 0 Å². The number of amides is 1. The van der Waals surface area contributed by atoms with Gasteiger partial charge in [0, 0.05) is 14.6 Å². The third kappa shape index (κ3) is 2.59. The summed E-state index contributed by atoms with van der Waals surface area (Å²) in [7, 11) is 0. The minimum Gasteiger partial charge on any atom is -0.320 e. The Hall–Kier alpha value is -1.72. The van der Waals surface area contributed by atoms with Crippen molar-refractivity contribution in [2.75, 3.05) is 5.32 Å². The second-order valence-electron chi connectivity index (χ2n) is 4.60. The SMILES string of the molecule is Cc1c(C(=O)Nc2ccccc2Br)sc2cccc(F)c12. The van der Waals surface area contributed by atoms with Crippen LogP contribution >= 0.6 is 27.3 Å². The summed E-state index contributed by atoms with van der Waals surface area (Å²) >= 11 is 4.69. The fraction of sp³-hybridized carbons (Fsp3) is 0.0625. The molecule has 0 unspecified atom stereocenters. The smallest absolute Gasteiger partial charge is 0.266 e. The first kappa shape index (κ1) is 14.2. The van der Waals surface area contributed by atoms with Crippen LogP contribution in [0.5, 0.6) is 0 Å². The molecular formula is C16H11BrFNOS. The van der Waals surface area contributed by atoms with Crippen molar-refractivity contribution in [1.82, 2.24) is 0 Å². The van der Waals surface area contributed by atoms with Gasteiger partial charge in [0.05, 0.1) is 10.6 Å². The van der Waals surface area contributed by atoms with Crippen molar-refractivity contribution in [1.29, 1.82) is 0 Å². The van der Waals surface area contributed by atoms with E-state index in [1.807, 2.05) is 30.3 Å². The summed E-state index contributed by atoms with van der Waals surface area (Å²) in [6.45, 7) is 1.77. The number of hydrogen-bond donors (Lipinski definition) is 1. The molecule has 0 saturated heterocycles. The highest BCUT2D eigenvalue weighted by atomic mass is 79.9. The number of halogens is 2. The molecule has 5 heteroatoms. The zero-order chi connectivity index (χ0) is 15.0. The molecule has 0 aliphatic carbocycles. The van der Waals surface area contributed by atoms with Gasteiger partial charge in [-0.3, -0.25) is 4.79 Å². The lowest BCUT2D eigenvalue weighted by molar-refractivity contribution is 0.103. The van der Waals surface area contributed by atoms with E-state index >= 15 is 0 Å². The number of rotatable bonds is 2. The molecule has 0 radical (unpaired) electrons. The van der Waals surface area contributed by atoms with E-state index in [1.165, 1.54) is 17.4 Å². The Balaban J connectivity index is 2.01. The average Bonchev–Trinajstić information content (AvgIpc) is 2.80. The van der Waals surface area contributed by atoms with Gasteiger partial charge in [-0.05, 0) is 52.7 Å². The van der Waals surface area contributed by atoms with Crippen LogP contribution in [0.4, 0.5) is 10.1 Å². The molecule has 21 heavy (non-hydrogen) atoms. The van der Waals surface area contributed by atoms with Gasteiger partial charge in [0.2, 0.25) is 0 Å². The minimum absolute atomic E-state index is 0.222. The summed E-state index contributed by atoms with van der Waals surface area (Å²) < 4.78 is 15.5. The summed E-state index contributed by atoms with van der Waals surface area (Å²) in [6.07, 6.45) is 0. The van der Waals surface area contributed by atoms with E-state index in [2.05, 4.69) is 21.2 Å². The Bertz CT molecular complexity index is 843. The fourth-order valence-corrected chi connectivity index (χ4v) is 3.71. The molecule has 1 N–H and O–H groups in total. The van der Waals surface area contributed by atoms with E-state index in [-0.39, 0.29) is 11.7 Å². The molecule has 0 bridgehead atoms. The maximum absolute atomic E-state index is 13.9. The van der Waals surface area contributed by atoms with Gasteiger partial charge >= 0.3 is 0 Å². The standard InChI is InChI=1S/C16H11BrFNOS/c1-9-14-11(18)6-4-8-13(14)21-15(9)16(20)19-12-7-3-2-5-10(12)17/h2-8H,1H3,(H,19,20). The number of para-hydroxylation sites is 1. The Morgan fingerprint density at radius 1 is 1.19 bits per heavy atom. The lowest BCUT2D eigenvalue weighted by Gasteiger charge is -2.06. The van der Waals surface area contributed by atoms with Gasteiger partial charge in [0.25, 0.3) is 5.91 Å². The predicted octanol–water partition coefficient (Wildman–Crippen LogP) is 5.36. The summed E-state index contributed by atoms with van der Waals surface area (Å²) in [5.41, 5.74) is 1.37. The van der Waals surface area contributed by atoms with Crippen molar-refractivity contribution in [3.05, 3.63) is 63.2 Å². The first-order chi connectivity index (χ1) is 10.1. The summed E-state index contributed by atoms with van der Waals surface area (Å²) in [4.78, 5) is 13.0. The molecule has 106 valence electrons. The number of thiophene rings is 1. The van der Waals surface area contributed by atoms with E-state index in [9.17, 15) is 9.18 Å². The van der Waals surface area contributed by atoms with E-state index in [0.717, 1.165) is 9.17 Å². The van der Waals surface area contributed by atoms with Gasteiger partial charge in [0.1, 0.15) is 5.82 Å². The zero-order valence-corrected chi connectivity index (χ0v) is 13.5. The molecule has 0 aliphatic heterocycles. The maximum atomic E-state index is 13.9. The quantitative estimate of drug-likeness (QED) is 0.651. The van der Waals surface area contributed by atoms with Crippen LogP contribution in [0.25, 0.3) is 10.1 Å². The van der Waals surface area contributed by atoms with Crippen LogP contribution in [0.2, 0.25) is 0 Å². The van der Waals surface area contributed by atoms with Crippen LogP contribution in [-0.4, -0.2) is 5.91 Å². The largest absolute Gasteiger partial charge is 0.320 e. The highest BCUT2D eigenvalue weighted by Crippen LogP contribution is 2.33. The van der Waals surface area contributed by atoms with Crippen LogP contribution in [0.3, 0.4) is 0 Å². The third-order valence-corrected chi connectivity index (χ3v) is 5.18. The lowest BCUT2D eigenvalue weighted by atomic mass is 10.1. The van der Waals surface area contributed by atoms with Crippen LogP contribution in [0.15, 0.2) is 46.9 Å². The normalized spacial score (nSPS) is 10.8. The van der Waals surface area contributed by atoms with Gasteiger partial charge in [-0.25, -0.2) is 4.39 Å². The average molecular weight is 364 g/mol. The van der Waals surface area contributed by atoms with Gasteiger partial charge in [-0.15, -0.1) is 11.3 Å². The molecule has 0 spiro atoms. The lowest BCUT2D eigenvalue weighted by Crippen LogP contribution is -2.11. The van der Waals surface area contributed by atoms with Crippen molar-refractivity contribution in [3.8, 4) is 0 Å². The molecule has 1 heterocycles. The molecule has 3 rings (SSSR count). The van der Waals surface area contributed by atoms with E-state index in [4.69, 9.17) is 0 Å². The first-order valence-electron chi connectivity index (χ1n) is 6.31. The predicted molar refractivity (Wildman–Crippen MR) is 88.6 cm³/mol. The van der Waals surface area contributed by atoms with Gasteiger partial charge < -0.3 is 5.32 Å². The van der Waals surface area contributed by atoms with E-state index in [1.54, 1.807) is 13.0 Å². The molecule has 0 aliphatic rings. The highest BCUT2D eigenvalue weighted by Gasteiger charge is 2.18. The number of fused-ring (bicyclic) bond motifs is 1. The number of hydrogen-bond acceptors (Lipinski definition) is 2. The molecule has 1 amide bonds. The van der Waals surface area contributed by atoms with Crippen molar-refractivity contribution < 1.29 is 9.18 Å². The summed E-state index contributed by atoms with van der Waals surface area (Å²) in [6, 6.07) is 12.3. The Kier molecular flexibility index (Phi) is 3.78. The topological polar surface area (TPSA) is 29.1 Å². The number of carbonyl (C=O) groups excluding carboxylic acids is 1. The van der Waals surface area contributed by atoms with Crippen LogP contribution in [0.1, 0.15) is 15.2 Å². The van der Waals surface area contributed by atoms with E-state index < -0.39 is 0 Å². The van der Waals surface area contributed by atoms with Gasteiger partial charge in [0.15, 0.2) is 0 Å². The Labute approximate surface area is 133 Å². The second kappa shape index (κ2) is 5.58.